The number of benzene rings is 1. The molecule has 0 spiro atoms. The number of carbonyl (C=O) groups is 3. The van der Waals surface area contributed by atoms with Gasteiger partial charge in [-0.15, -0.1) is 0 Å². The number of ether oxygens (including phenoxy) is 2. The topological polar surface area (TPSA) is 93.7 Å². The molecule has 7 nitrogen and oxygen atoms in total. The maximum Gasteiger partial charge on any atom is 0.338 e. The minimum Gasteiger partial charge on any atom is -0.463 e. The summed E-state index contributed by atoms with van der Waals surface area (Å²) in [5, 5.41) is 5.06. The Labute approximate surface area is 159 Å². The third-order valence-corrected chi connectivity index (χ3v) is 3.98. The Bertz CT molecular complexity index is 773. The van der Waals surface area contributed by atoms with Crippen LogP contribution in [-0.4, -0.2) is 37.2 Å². The summed E-state index contributed by atoms with van der Waals surface area (Å²) >= 11 is 3.35. The highest BCUT2D eigenvalue weighted by molar-refractivity contribution is 9.10. The maximum absolute atomic E-state index is 12.1. The van der Waals surface area contributed by atoms with Gasteiger partial charge in [0.1, 0.15) is 6.61 Å². The van der Waals surface area contributed by atoms with Gasteiger partial charge in [-0.3, -0.25) is 0 Å². The van der Waals surface area contributed by atoms with Crippen molar-refractivity contribution in [3.05, 3.63) is 51.6 Å². The Balaban J connectivity index is 2.06. The van der Waals surface area contributed by atoms with Crippen molar-refractivity contribution in [3.8, 4) is 0 Å². The first kappa shape index (κ1) is 19.7. The van der Waals surface area contributed by atoms with E-state index in [4.69, 9.17) is 9.47 Å². The molecule has 0 saturated heterocycles. The minimum atomic E-state index is -0.596. The third kappa shape index (κ3) is 5.45. The first-order chi connectivity index (χ1) is 12.4. The SMILES string of the molecule is CCOC(=O)C1=C(COC(=O)/C=C/c2cccc(Br)c2)NC(=O)N[C@@H]1C. The van der Waals surface area contributed by atoms with Crippen molar-refractivity contribution in [1.29, 1.82) is 0 Å². The van der Waals surface area contributed by atoms with Crippen LogP contribution >= 0.6 is 15.9 Å². The van der Waals surface area contributed by atoms with Gasteiger partial charge in [-0.1, -0.05) is 28.1 Å². The zero-order valence-electron chi connectivity index (χ0n) is 14.4. The van der Waals surface area contributed by atoms with E-state index in [-0.39, 0.29) is 24.5 Å². The zero-order valence-corrected chi connectivity index (χ0v) is 16.0. The molecule has 0 unspecified atom stereocenters. The van der Waals surface area contributed by atoms with Crippen molar-refractivity contribution in [1.82, 2.24) is 10.6 Å². The molecule has 2 N–H and O–H groups in total. The van der Waals surface area contributed by atoms with Gasteiger partial charge in [-0.05, 0) is 37.6 Å². The number of hydrogen-bond acceptors (Lipinski definition) is 5. The fourth-order valence-electron chi connectivity index (χ4n) is 2.36. The van der Waals surface area contributed by atoms with Crippen LogP contribution in [0.25, 0.3) is 6.08 Å². The Morgan fingerprint density at radius 1 is 1.31 bits per heavy atom. The van der Waals surface area contributed by atoms with Crippen LogP contribution in [0.4, 0.5) is 4.79 Å². The molecule has 138 valence electrons. The smallest absolute Gasteiger partial charge is 0.338 e. The number of rotatable bonds is 6. The molecule has 0 bridgehead atoms. The van der Waals surface area contributed by atoms with Gasteiger partial charge < -0.3 is 20.1 Å². The Kier molecular flexibility index (Phi) is 6.97. The van der Waals surface area contributed by atoms with Gasteiger partial charge in [0, 0.05) is 10.5 Å². The van der Waals surface area contributed by atoms with E-state index in [0.717, 1.165) is 10.0 Å². The average Bonchev–Trinajstić information content (AvgIpc) is 2.57. The summed E-state index contributed by atoms with van der Waals surface area (Å²) in [5.41, 5.74) is 1.27. The fraction of sp³-hybridized carbons (Fsp3) is 0.278. The second-order valence-electron chi connectivity index (χ2n) is 5.43. The molecule has 1 atom stereocenters. The molecule has 1 aromatic carbocycles. The molecule has 1 aliphatic rings. The van der Waals surface area contributed by atoms with Crippen molar-refractivity contribution in [3.63, 3.8) is 0 Å². The van der Waals surface area contributed by atoms with Crippen molar-refractivity contribution < 1.29 is 23.9 Å². The Morgan fingerprint density at radius 3 is 2.77 bits per heavy atom. The molecule has 2 rings (SSSR count). The first-order valence-electron chi connectivity index (χ1n) is 7.98. The number of esters is 2. The molecule has 1 heterocycles. The van der Waals surface area contributed by atoms with E-state index < -0.39 is 24.0 Å². The first-order valence-corrected chi connectivity index (χ1v) is 8.78. The second kappa shape index (κ2) is 9.19. The van der Waals surface area contributed by atoms with Crippen LogP contribution in [0.2, 0.25) is 0 Å². The van der Waals surface area contributed by atoms with Gasteiger partial charge in [0.25, 0.3) is 0 Å². The number of halogens is 1. The van der Waals surface area contributed by atoms with E-state index in [2.05, 4.69) is 26.6 Å². The molecule has 0 saturated carbocycles. The van der Waals surface area contributed by atoms with Crippen LogP contribution in [0.3, 0.4) is 0 Å². The molecular weight excluding hydrogens is 404 g/mol. The molecule has 1 aliphatic heterocycles. The molecule has 8 heteroatoms. The van der Waals surface area contributed by atoms with Gasteiger partial charge in [0.2, 0.25) is 0 Å². The minimum absolute atomic E-state index is 0.200. The van der Waals surface area contributed by atoms with Crippen molar-refractivity contribution in [2.24, 2.45) is 0 Å². The summed E-state index contributed by atoms with van der Waals surface area (Å²) in [6.45, 7) is 3.30. The number of carbonyl (C=O) groups excluding carboxylic acids is 3. The van der Waals surface area contributed by atoms with Crippen molar-refractivity contribution in [2.75, 3.05) is 13.2 Å². The lowest BCUT2D eigenvalue weighted by Gasteiger charge is -2.26. The third-order valence-electron chi connectivity index (χ3n) is 3.48. The van der Waals surface area contributed by atoms with Crippen LogP contribution in [-0.2, 0) is 19.1 Å². The normalized spacial score (nSPS) is 16.9. The van der Waals surface area contributed by atoms with Crippen molar-refractivity contribution >= 4 is 40.0 Å². The molecule has 0 fully saturated rings. The van der Waals surface area contributed by atoms with Crippen LogP contribution in [0, 0.1) is 0 Å². The molecule has 1 aromatic rings. The van der Waals surface area contributed by atoms with E-state index >= 15 is 0 Å². The maximum atomic E-state index is 12.1. The highest BCUT2D eigenvalue weighted by atomic mass is 79.9. The van der Waals surface area contributed by atoms with Crippen molar-refractivity contribution in [2.45, 2.75) is 19.9 Å². The van der Waals surface area contributed by atoms with E-state index in [1.807, 2.05) is 24.3 Å². The largest absolute Gasteiger partial charge is 0.463 e. The molecule has 2 amide bonds. The highest BCUT2D eigenvalue weighted by Gasteiger charge is 2.30. The molecular formula is C18H19BrN2O5. The average molecular weight is 423 g/mol. The predicted octanol–water partition coefficient (Wildman–Crippen LogP) is 2.52. The molecule has 26 heavy (non-hydrogen) atoms. The highest BCUT2D eigenvalue weighted by Crippen LogP contribution is 2.15. The summed E-state index contributed by atoms with van der Waals surface area (Å²) < 4.78 is 11.0. The van der Waals surface area contributed by atoms with E-state index in [0.29, 0.717) is 0 Å². The number of hydrogen-bond donors (Lipinski definition) is 2. The molecule has 0 aromatic heterocycles. The van der Waals surface area contributed by atoms with E-state index in [1.54, 1.807) is 19.9 Å². The van der Waals surface area contributed by atoms with Crippen LogP contribution in [0.15, 0.2) is 46.1 Å². The Morgan fingerprint density at radius 2 is 2.08 bits per heavy atom. The van der Waals surface area contributed by atoms with Gasteiger partial charge >= 0.3 is 18.0 Å². The van der Waals surface area contributed by atoms with Gasteiger partial charge in [-0.25, -0.2) is 14.4 Å². The summed E-state index contributed by atoms with van der Waals surface area (Å²) in [5.74, 6) is -1.16. The number of nitrogens with one attached hydrogen (secondary N) is 2. The van der Waals surface area contributed by atoms with Crippen LogP contribution in [0.5, 0.6) is 0 Å². The monoisotopic (exact) mass is 422 g/mol. The summed E-state index contributed by atoms with van der Waals surface area (Å²) in [7, 11) is 0. The van der Waals surface area contributed by atoms with E-state index in [9.17, 15) is 14.4 Å². The van der Waals surface area contributed by atoms with E-state index in [1.165, 1.54) is 6.08 Å². The van der Waals surface area contributed by atoms with Gasteiger partial charge in [0.05, 0.1) is 23.9 Å². The number of urea groups is 1. The summed E-state index contributed by atoms with van der Waals surface area (Å²) in [4.78, 5) is 35.6. The Hall–Kier alpha value is -2.61. The van der Waals surface area contributed by atoms with Gasteiger partial charge in [-0.2, -0.15) is 0 Å². The molecule has 0 radical (unpaired) electrons. The lowest BCUT2D eigenvalue weighted by atomic mass is 10.0. The fourth-order valence-corrected chi connectivity index (χ4v) is 2.78. The van der Waals surface area contributed by atoms with Crippen LogP contribution in [0.1, 0.15) is 19.4 Å². The quantitative estimate of drug-likeness (QED) is 0.542. The summed E-state index contributed by atoms with van der Waals surface area (Å²) in [6, 6.07) is 6.39. The van der Waals surface area contributed by atoms with Gasteiger partial charge in [0.15, 0.2) is 0 Å². The van der Waals surface area contributed by atoms with Crippen LogP contribution < -0.4 is 10.6 Å². The lowest BCUT2D eigenvalue weighted by molar-refractivity contribution is -0.140. The predicted molar refractivity (Wildman–Crippen MR) is 98.9 cm³/mol. The second-order valence-corrected chi connectivity index (χ2v) is 6.34. The lowest BCUT2D eigenvalue weighted by Crippen LogP contribution is -2.50. The standard InChI is InChI=1S/C18H19BrN2O5/c1-3-25-17(23)16-11(2)20-18(24)21-14(16)10-26-15(22)8-7-12-5-4-6-13(19)9-12/h4-9,11H,3,10H2,1-2H3,(H2,20,21,24)/b8-7+/t11-/m1/s1. The zero-order chi connectivity index (χ0) is 19.1. The summed E-state index contributed by atoms with van der Waals surface area (Å²) in [6.07, 6.45) is 2.88. The molecule has 0 aliphatic carbocycles. The number of amides is 2.